The summed E-state index contributed by atoms with van der Waals surface area (Å²) in [7, 11) is 0. The first-order chi connectivity index (χ1) is 22.7. The quantitative estimate of drug-likeness (QED) is 0.183. The van der Waals surface area contributed by atoms with E-state index in [4.69, 9.17) is 14.5 Å². The van der Waals surface area contributed by atoms with Crippen LogP contribution < -0.4 is 29.7 Å². The van der Waals surface area contributed by atoms with E-state index in [1.54, 1.807) is 4.57 Å². The number of amides is 1. The van der Waals surface area contributed by atoms with E-state index in [2.05, 4.69) is 38.2 Å². The monoisotopic (exact) mass is 643 g/mol. The van der Waals surface area contributed by atoms with Crippen LogP contribution in [0, 0.1) is 0 Å². The number of benzene rings is 4. The molecule has 0 saturated heterocycles. The van der Waals surface area contributed by atoms with Crippen molar-refractivity contribution >= 4 is 29.0 Å². The summed E-state index contributed by atoms with van der Waals surface area (Å²) in [5.74, 6) is 1.23. The van der Waals surface area contributed by atoms with Gasteiger partial charge in [-0.1, -0.05) is 105 Å². The minimum absolute atomic E-state index is 0.0999. The van der Waals surface area contributed by atoms with E-state index in [9.17, 15) is 9.59 Å². The van der Waals surface area contributed by atoms with Crippen molar-refractivity contribution in [2.75, 3.05) is 18.5 Å². The van der Waals surface area contributed by atoms with E-state index in [1.165, 1.54) is 16.9 Å². The summed E-state index contributed by atoms with van der Waals surface area (Å²) < 4.78 is 13.9. The van der Waals surface area contributed by atoms with Gasteiger partial charge in [0.1, 0.15) is 24.7 Å². The first-order valence-electron chi connectivity index (χ1n) is 15.6. The third-order valence-corrected chi connectivity index (χ3v) is 8.92. The molecule has 47 heavy (non-hydrogen) atoms. The Morgan fingerprint density at radius 3 is 2.02 bits per heavy atom. The summed E-state index contributed by atoms with van der Waals surface area (Å²) in [6.45, 7) is 9.20. The van der Waals surface area contributed by atoms with Crippen LogP contribution in [0.25, 0.3) is 6.08 Å². The van der Waals surface area contributed by atoms with Gasteiger partial charge < -0.3 is 14.8 Å². The number of anilines is 1. The maximum absolute atomic E-state index is 13.9. The predicted molar refractivity (Wildman–Crippen MR) is 188 cm³/mol. The highest BCUT2D eigenvalue weighted by atomic mass is 32.1. The third-order valence-electron chi connectivity index (χ3n) is 7.93. The molecule has 1 aliphatic heterocycles. The smallest absolute Gasteiger partial charge is 0.271 e. The molecule has 0 aliphatic carbocycles. The Hall–Kier alpha value is -5.21. The zero-order valence-corrected chi connectivity index (χ0v) is 27.7. The lowest BCUT2D eigenvalue weighted by molar-refractivity contribution is -0.113. The summed E-state index contributed by atoms with van der Waals surface area (Å²) in [5, 5.41) is 2.98. The fraction of sp³-hybridized carbons (Fsp3) is 0.205. The molecule has 6 rings (SSSR count). The van der Waals surface area contributed by atoms with Crippen LogP contribution in [0.3, 0.4) is 0 Å². The molecule has 0 fully saturated rings. The molecule has 4 aromatic carbocycles. The second kappa shape index (κ2) is 13.6. The summed E-state index contributed by atoms with van der Waals surface area (Å²) >= 11 is 1.31. The van der Waals surface area contributed by atoms with E-state index >= 15 is 0 Å². The van der Waals surface area contributed by atoms with Crippen molar-refractivity contribution in [2.24, 2.45) is 4.99 Å². The third kappa shape index (κ3) is 7.28. The largest absolute Gasteiger partial charge is 0.490 e. The van der Waals surface area contributed by atoms with E-state index in [1.807, 2.05) is 110 Å². The van der Waals surface area contributed by atoms with Crippen LogP contribution in [0.2, 0.25) is 0 Å². The molecule has 0 spiro atoms. The van der Waals surface area contributed by atoms with Gasteiger partial charge in [-0.2, -0.15) is 0 Å². The fourth-order valence-electron chi connectivity index (χ4n) is 5.46. The molecule has 1 atom stereocenters. The number of para-hydroxylation sites is 1. The lowest BCUT2D eigenvalue weighted by Gasteiger charge is -2.25. The summed E-state index contributed by atoms with van der Waals surface area (Å²) in [5.41, 5.74) is 4.53. The molecule has 0 bridgehead atoms. The van der Waals surface area contributed by atoms with Crippen LogP contribution in [-0.4, -0.2) is 23.7 Å². The number of ether oxygens (including phenoxy) is 2. The molecular weight excluding hydrogens is 607 g/mol. The second-order valence-electron chi connectivity index (χ2n) is 12.4. The Morgan fingerprint density at radius 1 is 0.851 bits per heavy atom. The van der Waals surface area contributed by atoms with Crippen molar-refractivity contribution in [2.45, 2.75) is 39.2 Å². The van der Waals surface area contributed by atoms with E-state index in [0.717, 1.165) is 16.9 Å². The molecule has 1 aliphatic rings. The molecule has 0 radical (unpaired) electrons. The topological polar surface area (TPSA) is 81.9 Å². The van der Waals surface area contributed by atoms with Gasteiger partial charge >= 0.3 is 0 Å². The standard InChI is InChI=1S/C39H37N3O4S/c1-26-34(36(43)41-30-13-9-6-10-14-30)35(28-11-7-5-8-12-28)42-37(44)33(47-38(42)40-26)25-27-15-19-31(20-16-27)45-23-24-46-32-21-17-29(18-22-32)39(2,3)4/h5-22,25,35H,23-24H2,1-4H3,(H,41,43). The number of carbonyl (C=O) groups excluding carboxylic acids is 1. The molecule has 5 aromatic rings. The van der Waals surface area contributed by atoms with Crippen molar-refractivity contribution in [3.63, 3.8) is 0 Å². The number of hydrogen-bond acceptors (Lipinski definition) is 6. The fourth-order valence-corrected chi connectivity index (χ4v) is 6.51. The molecule has 7 nitrogen and oxygen atoms in total. The second-order valence-corrected chi connectivity index (χ2v) is 13.4. The zero-order chi connectivity index (χ0) is 33.0. The molecule has 238 valence electrons. The summed E-state index contributed by atoms with van der Waals surface area (Å²) in [6, 6.07) is 34.0. The molecular formula is C39H37N3O4S. The van der Waals surface area contributed by atoms with Crippen molar-refractivity contribution in [3.05, 3.63) is 157 Å². The number of thiazole rings is 1. The van der Waals surface area contributed by atoms with Crippen LogP contribution in [0.4, 0.5) is 5.69 Å². The minimum Gasteiger partial charge on any atom is -0.490 e. The van der Waals surface area contributed by atoms with Gasteiger partial charge in [-0.05, 0) is 71.5 Å². The van der Waals surface area contributed by atoms with Crippen molar-refractivity contribution < 1.29 is 14.3 Å². The zero-order valence-electron chi connectivity index (χ0n) is 26.9. The minimum atomic E-state index is -0.618. The lowest BCUT2D eigenvalue weighted by Crippen LogP contribution is -2.40. The van der Waals surface area contributed by atoms with Crippen LogP contribution in [0.15, 0.2) is 130 Å². The number of allylic oxidation sites excluding steroid dienone is 1. The van der Waals surface area contributed by atoms with Gasteiger partial charge in [0, 0.05) is 5.69 Å². The first-order valence-corrected chi connectivity index (χ1v) is 16.4. The molecule has 2 heterocycles. The number of fused-ring (bicyclic) bond motifs is 1. The van der Waals surface area contributed by atoms with Crippen molar-refractivity contribution in [3.8, 4) is 11.5 Å². The Labute approximate surface area is 278 Å². The van der Waals surface area contributed by atoms with Gasteiger partial charge in [0.25, 0.3) is 11.5 Å². The van der Waals surface area contributed by atoms with Gasteiger partial charge in [0.2, 0.25) is 0 Å². The predicted octanol–water partition coefficient (Wildman–Crippen LogP) is 6.63. The van der Waals surface area contributed by atoms with E-state index < -0.39 is 6.04 Å². The van der Waals surface area contributed by atoms with Crippen molar-refractivity contribution in [1.29, 1.82) is 0 Å². The number of nitrogens with zero attached hydrogens (tertiary/aromatic N) is 2. The summed E-state index contributed by atoms with van der Waals surface area (Å²) in [6.07, 6.45) is 1.85. The van der Waals surface area contributed by atoms with Crippen LogP contribution in [-0.2, 0) is 10.2 Å². The van der Waals surface area contributed by atoms with E-state index in [-0.39, 0.29) is 16.9 Å². The van der Waals surface area contributed by atoms with Gasteiger partial charge in [0.05, 0.1) is 21.8 Å². The van der Waals surface area contributed by atoms with Gasteiger partial charge in [-0.25, -0.2) is 4.99 Å². The SMILES string of the molecule is CC1=C(C(=O)Nc2ccccc2)C(c2ccccc2)n2c(sc(=Cc3ccc(OCCOc4ccc(C(C)(C)C)cc4)cc3)c2=O)=N1. The average molecular weight is 644 g/mol. The Morgan fingerprint density at radius 2 is 1.43 bits per heavy atom. The number of hydrogen-bond donors (Lipinski definition) is 1. The Balaban J connectivity index is 1.19. The van der Waals surface area contributed by atoms with Crippen LogP contribution in [0.5, 0.6) is 11.5 Å². The normalized spacial score (nSPS) is 14.7. The molecule has 1 aromatic heterocycles. The molecule has 0 saturated carbocycles. The Kier molecular flexibility index (Phi) is 9.22. The highest BCUT2D eigenvalue weighted by Gasteiger charge is 2.32. The summed E-state index contributed by atoms with van der Waals surface area (Å²) in [4.78, 5) is 32.9. The highest BCUT2D eigenvalue weighted by molar-refractivity contribution is 7.07. The maximum atomic E-state index is 13.9. The number of carbonyl (C=O) groups is 1. The Bertz CT molecular complexity index is 2070. The molecule has 1 amide bonds. The highest BCUT2D eigenvalue weighted by Crippen LogP contribution is 2.31. The first kappa shape index (κ1) is 31.8. The number of rotatable bonds is 9. The van der Waals surface area contributed by atoms with Crippen LogP contribution >= 0.6 is 11.3 Å². The average Bonchev–Trinajstić information content (AvgIpc) is 3.37. The maximum Gasteiger partial charge on any atom is 0.271 e. The lowest BCUT2D eigenvalue weighted by atomic mass is 9.87. The molecule has 1 N–H and O–H groups in total. The van der Waals surface area contributed by atoms with Crippen LogP contribution in [0.1, 0.15) is 50.4 Å². The van der Waals surface area contributed by atoms with Gasteiger partial charge in [0.15, 0.2) is 4.80 Å². The van der Waals surface area contributed by atoms with Crippen molar-refractivity contribution in [1.82, 2.24) is 4.57 Å². The van der Waals surface area contributed by atoms with E-state index in [0.29, 0.717) is 45.3 Å². The number of nitrogens with one attached hydrogen (secondary N) is 1. The van der Waals surface area contributed by atoms with Gasteiger partial charge in [-0.15, -0.1) is 0 Å². The molecule has 8 heteroatoms. The van der Waals surface area contributed by atoms with Gasteiger partial charge in [-0.3, -0.25) is 14.2 Å². The molecule has 1 unspecified atom stereocenters. The number of aromatic nitrogens is 1.